The van der Waals surface area contributed by atoms with Crippen molar-refractivity contribution in [2.24, 2.45) is 0 Å². The summed E-state index contributed by atoms with van der Waals surface area (Å²) in [7, 11) is -3.78. The van der Waals surface area contributed by atoms with E-state index in [-0.39, 0.29) is 16.6 Å². The molecule has 0 unspecified atom stereocenters. The number of hydrogen-bond donors (Lipinski definition) is 2. The summed E-state index contributed by atoms with van der Waals surface area (Å²) in [5.41, 5.74) is -0.163. The van der Waals surface area contributed by atoms with Gasteiger partial charge in [0.25, 0.3) is 5.91 Å². The van der Waals surface area contributed by atoms with E-state index in [2.05, 4.69) is 14.9 Å². The van der Waals surface area contributed by atoms with Gasteiger partial charge in [0.1, 0.15) is 5.75 Å². The monoisotopic (exact) mass is 323 g/mol. The predicted octanol–water partition coefficient (Wildman–Crippen LogP) is 1.15. The Morgan fingerprint density at radius 2 is 2.05 bits per heavy atom. The summed E-state index contributed by atoms with van der Waals surface area (Å²) in [6.07, 6.45) is -4.06. The first kappa shape index (κ1) is 15.1. The van der Waals surface area contributed by atoms with Gasteiger partial charge in [-0.15, -0.1) is 13.2 Å². The van der Waals surface area contributed by atoms with E-state index >= 15 is 0 Å². The number of rotatable bonds is 3. The van der Waals surface area contributed by atoms with E-state index in [1.807, 2.05) is 0 Å². The van der Waals surface area contributed by atoms with Crippen molar-refractivity contribution in [2.75, 3.05) is 6.26 Å². The molecule has 0 aliphatic carbocycles. The number of sulfonamides is 1. The molecule has 1 aromatic heterocycles. The minimum absolute atomic E-state index is 0.0930. The summed E-state index contributed by atoms with van der Waals surface area (Å²) >= 11 is 0. The van der Waals surface area contributed by atoms with Crippen LogP contribution in [-0.4, -0.2) is 37.1 Å². The molecule has 0 saturated heterocycles. The molecule has 0 atom stereocenters. The number of alkyl halides is 3. The number of ether oxygens (including phenoxy) is 1. The number of aromatic amines is 1. The van der Waals surface area contributed by atoms with Gasteiger partial charge >= 0.3 is 6.36 Å². The minimum Gasteiger partial charge on any atom is -0.406 e. The summed E-state index contributed by atoms with van der Waals surface area (Å²) in [5, 5.41) is 6.06. The Morgan fingerprint density at radius 3 is 2.62 bits per heavy atom. The van der Waals surface area contributed by atoms with Crippen LogP contribution in [0.25, 0.3) is 10.9 Å². The van der Waals surface area contributed by atoms with Gasteiger partial charge in [-0.3, -0.25) is 9.89 Å². The van der Waals surface area contributed by atoms with E-state index in [0.29, 0.717) is 0 Å². The predicted molar refractivity (Wildman–Crippen MR) is 65.1 cm³/mol. The summed E-state index contributed by atoms with van der Waals surface area (Å²) in [4.78, 5) is 11.7. The van der Waals surface area contributed by atoms with E-state index in [4.69, 9.17) is 0 Å². The number of aromatic nitrogens is 2. The lowest BCUT2D eigenvalue weighted by atomic mass is 10.2. The summed E-state index contributed by atoms with van der Waals surface area (Å²) < 4.78 is 63.6. The average Bonchev–Trinajstić information content (AvgIpc) is 2.67. The smallest absolute Gasteiger partial charge is 0.406 e. The molecule has 2 aromatic rings. The average molecular weight is 323 g/mol. The van der Waals surface area contributed by atoms with Gasteiger partial charge in [0.05, 0.1) is 11.8 Å². The second-order valence-electron chi connectivity index (χ2n) is 4.03. The van der Waals surface area contributed by atoms with Crippen LogP contribution in [0.4, 0.5) is 13.2 Å². The zero-order valence-electron chi connectivity index (χ0n) is 10.4. The van der Waals surface area contributed by atoms with Gasteiger partial charge in [-0.2, -0.15) is 5.10 Å². The highest BCUT2D eigenvalue weighted by Crippen LogP contribution is 2.26. The Morgan fingerprint density at radius 1 is 1.38 bits per heavy atom. The standard InChI is InChI=1S/C10H8F3N3O4S/c1-21(18,19)16-9(17)8-6-3-2-5(20-10(11,12)13)4-7(6)14-15-8/h2-4H,1H3,(H,14,15)(H,16,17). The molecular formula is C10H8F3N3O4S. The summed E-state index contributed by atoms with van der Waals surface area (Å²) in [6, 6.07) is 3.15. The van der Waals surface area contributed by atoms with Crippen molar-refractivity contribution in [3.05, 3.63) is 23.9 Å². The first-order valence-electron chi connectivity index (χ1n) is 5.31. The Hall–Kier alpha value is -2.30. The second-order valence-corrected chi connectivity index (χ2v) is 5.78. The molecule has 0 bridgehead atoms. The van der Waals surface area contributed by atoms with Crippen molar-refractivity contribution in [1.29, 1.82) is 0 Å². The Bertz CT molecular complexity index is 797. The maximum absolute atomic E-state index is 12.1. The zero-order valence-corrected chi connectivity index (χ0v) is 11.2. The van der Waals surface area contributed by atoms with E-state index in [1.165, 1.54) is 0 Å². The van der Waals surface area contributed by atoms with Crippen LogP contribution >= 0.6 is 0 Å². The van der Waals surface area contributed by atoms with Gasteiger partial charge < -0.3 is 4.74 Å². The van der Waals surface area contributed by atoms with Gasteiger partial charge in [0.15, 0.2) is 5.69 Å². The highest BCUT2D eigenvalue weighted by molar-refractivity contribution is 7.89. The van der Waals surface area contributed by atoms with Gasteiger partial charge in [0.2, 0.25) is 10.0 Å². The number of benzene rings is 1. The molecule has 11 heteroatoms. The van der Waals surface area contributed by atoms with Crippen LogP contribution in [0, 0.1) is 0 Å². The quantitative estimate of drug-likeness (QED) is 0.882. The molecule has 0 spiro atoms. The first-order chi connectivity index (χ1) is 9.55. The van der Waals surface area contributed by atoms with Crippen LogP contribution < -0.4 is 9.46 Å². The Labute approximate surface area is 116 Å². The molecule has 0 aliphatic rings. The molecule has 2 N–H and O–H groups in total. The molecule has 1 amide bonds. The molecule has 0 saturated carbocycles. The van der Waals surface area contributed by atoms with Crippen LogP contribution in [0.5, 0.6) is 5.75 Å². The van der Waals surface area contributed by atoms with Crippen molar-refractivity contribution in [3.8, 4) is 5.75 Å². The number of carbonyl (C=O) groups is 1. The fourth-order valence-electron chi connectivity index (χ4n) is 1.59. The van der Waals surface area contributed by atoms with Gasteiger partial charge in [-0.1, -0.05) is 0 Å². The van der Waals surface area contributed by atoms with E-state index in [1.54, 1.807) is 4.72 Å². The van der Waals surface area contributed by atoms with Gasteiger partial charge in [0, 0.05) is 11.5 Å². The molecule has 114 valence electrons. The van der Waals surface area contributed by atoms with Gasteiger partial charge in [-0.25, -0.2) is 13.1 Å². The van der Waals surface area contributed by atoms with Crippen molar-refractivity contribution in [3.63, 3.8) is 0 Å². The second kappa shape index (κ2) is 4.91. The number of nitrogens with zero attached hydrogens (tertiary/aromatic N) is 1. The Kier molecular flexibility index (Phi) is 3.53. The van der Waals surface area contributed by atoms with E-state index in [0.717, 1.165) is 24.5 Å². The third-order valence-electron chi connectivity index (χ3n) is 2.26. The number of hydrogen-bond acceptors (Lipinski definition) is 5. The minimum atomic E-state index is -4.84. The number of fused-ring (bicyclic) bond motifs is 1. The fraction of sp³-hybridized carbons (Fsp3) is 0.200. The molecule has 7 nitrogen and oxygen atoms in total. The molecule has 2 rings (SSSR count). The highest BCUT2D eigenvalue weighted by Gasteiger charge is 2.31. The third-order valence-corrected chi connectivity index (χ3v) is 2.82. The van der Waals surface area contributed by atoms with Crippen molar-refractivity contribution in [2.45, 2.75) is 6.36 Å². The molecule has 0 fully saturated rings. The number of H-pyrrole nitrogens is 1. The largest absolute Gasteiger partial charge is 0.573 e. The van der Waals surface area contributed by atoms with Crippen LogP contribution in [0.3, 0.4) is 0 Å². The number of nitrogens with one attached hydrogen (secondary N) is 2. The molecule has 0 aliphatic heterocycles. The summed E-state index contributed by atoms with van der Waals surface area (Å²) in [6.45, 7) is 0. The molecule has 1 aromatic carbocycles. The fourth-order valence-corrected chi connectivity index (χ4v) is 2.02. The topological polar surface area (TPSA) is 101 Å². The number of halogens is 3. The molecule has 21 heavy (non-hydrogen) atoms. The highest BCUT2D eigenvalue weighted by atomic mass is 32.2. The lowest BCUT2D eigenvalue weighted by Crippen LogP contribution is -2.29. The van der Waals surface area contributed by atoms with Crippen molar-refractivity contribution >= 4 is 26.8 Å². The molecular weight excluding hydrogens is 315 g/mol. The molecule has 1 heterocycles. The number of carbonyl (C=O) groups excluding carboxylic acids is 1. The Balaban J connectivity index is 2.35. The lowest BCUT2D eigenvalue weighted by Gasteiger charge is -2.08. The van der Waals surface area contributed by atoms with Crippen LogP contribution in [0.15, 0.2) is 18.2 Å². The van der Waals surface area contributed by atoms with Crippen molar-refractivity contribution in [1.82, 2.24) is 14.9 Å². The van der Waals surface area contributed by atoms with Crippen LogP contribution in [0.1, 0.15) is 10.5 Å². The summed E-state index contributed by atoms with van der Waals surface area (Å²) in [5.74, 6) is -1.48. The third kappa shape index (κ3) is 3.84. The van der Waals surface area contributed by atoms with Crippen LogP contribution in [-0.2, 0) is 10.0 Å². The maximum Gasteiger partial charge on any atom is 0.573 e. The van der Waals surface area contributed by atoms with E-state index in [9.17, 15) is 26.4 Å². The maximum atomic E-state index is 12.1. The SMILES string of the molecule is CS(=O)(=O)NC(=O)c1n[nH]c2cc(OC(F)(F)F)ccc12. The van der Waals surface area contributed by atoms with E-state index < -0.39 is 28.0 Å². The van der Waals surface area contributed by atoms with Crippen molar-refractivity contribution < 1.29 is 31.1 Å². The molecule has 0 radical (unpaired) electrons. The first-order valence-corrected chi connectivity index (χ1v) is 7.20. The van der Waals surface area contributed by atoms with Crippen LogP contribution in [0.2, 0.25) is 0 Å². The number of amides is 1. The normalized spacial score (nSPS) is 12.4. The lowest BCUT2D eigenvalue weighted by molar-refractivity contribution is -0.274. The zero-order chi connectivity index (χ0) is 15.8. The van der Waals surface area contributed by atoms with Gasteiger partial charge in [-0.05, 0) is 12.1 Å².